The highest BCUT2D eigenvalue weighted by Crippen LogP contribution is 2.46. The van der Waals surface area contributed by atoms with Crippen molar-refractivity contribution in [2.45, 2.75) is 10.9 Å². The first-order valence-electron chi connectivity index (χ1n) is 15.6. The van der Waals surface area contributed by atoms with Crippen LogP contribution in [-0.4, -0.2) is 54.0 Å². The summed E-state index contributed by atoms with van der Waals surface area (Å²) in [6, 6.07) is 46.6. The Balaban J connectivity index is 1.41. The van der Waals surface area contributed by atoms with Crippen molar-refractivity contribution in [1.29, 1.82) is 0 Å². The Morgan fingerprint density at radius 1 is 0.562 bits per heavy atom. The fraction of sp³-hybridized carbons (Fsp3) is 0.0500. The third-order valence-electron chi connectivity index (χ3n) is 9.00. The Hall–Kier alpha value is -5.43. The fourth-order valence-electron chi connectivity index (χ4n) is 6.71. The van der Waals surface area contributed by atoms with Crippen LogP contribution in [0.3, 0.4) is 0 Å². The Morgan fingerprint density at radius 3 is 1.79 bits per heavy atom. The van der Waals surface area contributed by atoms with Gasteiger partial charge in [0, 0.05) is 17.4 Å². The highest BCUT2D eigenvalue weighted by Gasteiger charge is 2.41. The van der Waals surface area contributed by atoms with Crippen molar-refractivity contribution in [2.75, 3.05) is 0 Å². The molecule has 6 radical (unpaired) electrons. The Morgan fingerprint density at radius 2 is 1.15 bits per heavy atom. The van der Waals surface area contributed by atoms with Gasteiger partial charge >= 0.3 is 0 Å². The van der Waals surface area contributed by atoms with Crippen LogP contribution in [0.25, 0.3) is 71.8 Å². The second-order valence-electron chi connectivity index (χ2n) is 12.0. The van der Waals surface area contributed by atoms with E-state index in [9.17, 15) is 10.2 Å². The average molecular weight is 613 g/mol. The molecule has 0 aliphatic heterocycles. The van der Waals surface area contributed by atoms with Crippen LogP contribution < -0.4 is 0 Å². The molecule has 2 aromatic heterocycles. The molecule has 0 aliphatic carbocycles. The van der Waals surface area contributed by atoms with Gasteiger partial charge in [0.1, 0.15) is 11.5 Å². The molecule has 0 unspecified atom stereocenters. The summed E-state index contributed by atoms with van der Waals surface area (Å²) in [4.78, 5) is 9.31. The van der Waals surface area contributed by atoms with E-state index in [1.54, 1.807) is 4.57 Å². The van der Waals surface area contributed by atoms with Crippen LogP contribution in [0.1, 0.15) is 5.82 Å². The van der Waals surface area contributed by atoms with Gasteiger partial charge in [0.2, 0.25) is 0 Å². The SMILES string of the molecule is [B]C(O)(O)C([B])([B])c1nc2ccccc2n1-c1cccc(-c2c3ccccc3c(-c3ccccc3-c3ccccn3)c3ccccc23)c1. The largest absolute Gasteiger partial charge is 0.376 e. The Bertz CT molecular complexity index is 2430. The lowest BCUT2D eigenvalue weighted by atomic mass is 9.45. The van der Waals surface area contributed by atoms with Gasteiger partial charge in [-0.2, -0.15) is 0 Å². The van der Waals surface area contributed by atoms with E-state index in [4.69, 9.17) is 28.5 Å². The fourth-order valence-corrected chi connectivity index (χ4v) is 6.71. The first-order valence-corrected chi connectivity index (χ1v) is 15.6. The van der Waals surface area contributed by atoms with Crippen molar-refractivity contribution in [3.05, 3.63) is 152 Å². The predicted octanol–water partition coefficient (Wildman–Crippen LogP) is 7.02. The van der Waals surface area contributed by atoms with Gasteiger partial charge in [0.15, 0.2) is 7.85 Å². The van der Waals surface area contributed by atoms with Gasteiger partial charge in [-0.25, -0.2) is 4.98 Å². The summed E-state index contributed by atoms with van der Waals surface area (Å²) in [5, 5.41) is 22.9. The van der Waals surface area contributed by atoms with Gasteiger partial charge in [0.25, 0.3) is 0 Å². The number of hydrogen-bond acceptors (Lipinski definition) is 4. The maximum atomic E-state index is 10.4. The van der Waals surface area contributed by atoms with Gasteiger partial charge < -0.3 is 10.2 Å². The summed E-state index contributed by atoms with van der Waals surface area (Å²) in [7, 11) is 18.3. The number of aliphatic hydroxyl groups is 2. The van der Waals surface area contributed by atoms with Crippen LogP contribution in [-0.2, 0) is 5.21 Å². The first-order chi connectivity index (χ1) is 23.2. The molecule has 0 bridgehead atoms. The predicted molar refractivity (Wildman–Crippen MR) is 196 cm³/mol. The van der Waals surface area contributed by atoms with Crippen molar-refractivity contribution in [3.63, 3.8) is 0 Å². The van der Waals surface area contributed by atoms with E-state index in [2.05, 4.69) is 77.8 Å². The number of rotatable bonds is 6. The maximum absolute atomic E-state index is 10.4. The molecule has 5 nitrogen and oxygen atoms in total. The summed E-state index contributed by atoms with van der Waals surface area (Å²) >= 11 is 0. The lowest BCUT2D eigenvalue weighted by molar-refractivity contribution is -0.100. The van der Waals surface area contributed by atoms with Crippen LogP contribution >= 0.6 is 0 Å². The lowest BCUT2D eigenvalue weighted by Crippen LogP contribution is -2.54. The van der Waals surface area contributed by atoms with Gasteiger partial charge in [0.05, 0.1) is 32.4 Å². The molecule has 0 saturated heterocycles. The molecular formula is C40H26B3N3O2. The molecule has 222 valence electrons. The molecule has 0 saturated carbocycles. The molecule has 6 aromatic carbocycles. The molecule has 0 spiro atoms. The summed E-state index contributed by atoms with van der Waals surface area (Å²) < 4.78 is 1.73. The summed E-state index contributed by atoms with van der Waals surface area (Å²) in [5.41, 5.74) is 5.18. The molecule has 2 N–H and O–H groups in total. The topological polar surface area (TPSA) is 71.2 Å². The second-order valence-corrected chi connectivity index (χ2v) is 12.0. The second kappa shape index (κ2) is 11.4. The Kier molecular flexibility index (Phi) is 7.09. The summed E-state index contributed by atoms with van der Waals surface area (Å²) in [6.07, 6.45) is 1.82. The van der Waals surface area contributed by atoms with Gasteiger partial charge in [-0.1, -0.05) is 103 Å². The number of imidazole rings is 1. The van der Waals surface area contributed by atoms with Crippen molar-refractivity contribution >= 4 is 56.1 Å². The zero-order valence-corrected chi connectivity index (χ0v) is 25.8. The first kappa shape index (κ1) is 29.9. The van der Waals surface area contributed by atoms with Crippen molar-refractivity contribution in [3.8, 4) is 39.2 Å². The minimum absolute atomic E-state index is 0.00421. The normalized spacial score (nSPS) is 12.2. The number of aromatic nitrogens is 3. The molecule has 0 fully saturated rings. The molecule has 48 heavy (non-hydrogen) atoms. The van der Waals surface area contributed by atoms with Crippen molar-refractivity contribution < 1.29 is 10.2 Å². The minimum Gasteiger partial charge on any atom is -0.376 e. The van der Waals surface area contributed by atoms with E-state index in [1.165, 1.54) is 0 Å². The number of fused-ring (bicyclic) bond motifs is 3. The average Bonchev–Trinajstić information content (AvgIpc) is 3.51. The van der Waals surface area contributed by atoms with Crippen molar-refractivity contribution in [1.82, 2.24) is 14.5 Å². The molecule has 8 rings (SSSR count). The molecule has 0 aliphatic rings. The summed E-state index contributed by atoms with van der Waals surface area (Å²) in [5.74, 6) is 0.00421. The third kappa shape index (κ3) is 4.76. The van der Waals surface area contributed by atoms with Crippen LogP contribution in [0, 0.1) is 0 Å². The number of nitrogens with zero attached hydrogens (tertiary/aromatic N) is 3. The van der Waals surface area contributed by atoms with E-state index < -0.39 is 10.9 Å². The third-order valence-corrected chi connectivity index (χ3v) is 9.00. The van der Waals surface area contributed by atoms with Crippen LogP contribution in [0.2, 0.25) is 0 Å². The lowest BCUT2D eigenvalue weighted by Gasteiger charge is -2.37. The quantitative estimate of drug-likeness (QED) is 0.120. The van der Waals surface area contributed by atoms with Gasteiger partial charge in [-0.05, 0) is 85.4 Å². The molecule has 8 aromatic rings. The maximum Gasteiger partial charge on any atom is 0.152 e. The minimum atomic E-state index is -2.95. The molecule has 0 amide bonds. The number of hydrogen-bond donors (Lipinski definition) is 2. The smallest absolute Gasteiger partial charge is 0.152 e. The number of benzene rings is 6. The van der Waals surface area contributed by atoms with Crippen LogP contribution in [0.4, 0.5) is 0 Å². The van der Waals surface area contributed by atoms with E-state index in [0.717, 1.165) is 55.1 Å². The van der Waals surface area contributed by atoms with E-state index in [1.807, 2.05) is 72.9 Å². The number of para-hydroxylation sites is 2. The highest BCUT2D eigenvalue weighted by molar-refractivity contribution is 6.44. The molecule has 2 heterocycles. The van der Waals surface area contributed by atoms with Gasteiger partial charge in [-0.3, -0.25) is 9.55 Å². The van der Waals surface area contributed by atoms with Crippen LogP contribution in [0.5, 0.6) is 0 Å². The molecular weight excluding hydrogens is 587 g/mol. The standard InChI is InChI=1S/C40H26B3N3O2/c41-39(42,40(43,47)48)38-45-34-21-7-8-22-35(34)46(38)26-13-11-12-25(24-26)36-29-16-3-5-18-31(29)37(32-19-6-4-17-30(32)36)28-15-2-1-14-27(28)33-20-9-10-23-44-33/h1-24,47-48H. The highest BCUT2D eigenvalue weighted by atomic mass is 16.5. The van der Waals surface area contributed by atoms with E-state index in [-0.39, 0.29) is 5.82 Å². The molecule has 0 atom stereocenters. The zero-order valence-electron chi connectivity index (χ0n) is 25.8. The summed E-state index contributed by atoms with van der Waals surface area (Å²) in [6.45, 7) is 0. The number of pyridine rings is 1. The monoisotopic (exact) mass is 613 g/mol. The van der Waals surface area contributed by atoms with E-state index in [0.29, 0.717) is 16.7 Å². The zero-order chi connectivity index (χ0) is 33.0. The van der Waals surface area contributed by atoms with E-state index >= 15 is 0 Å². The van der Waals surface area contributed by atoms with Gasteiger partial charge in [-0.15, -0.1) is 0 Å². The van der Waals surface area contributed by atoms with Crippen LogP contribution in [0.15, 0.2) is 146 Å². The van der Waals surface area contributed by atoms with Crippen molar-refractivity contribution in [2.24, 2.45) is 0 Å². The Labute approximate surface area is 281 Å². The molecule has 8 heteroatoms.